The van der Waals surface area contributed by atoms with Crippen molar-refractivity contribution in [2.75, 3.05) is 6.61 Å². The topological polar surface area (TPSA) is 26.3 Å². The van der Waals surface area contributed by atoms with E-state index >= 15 is 0 Å². The molecule has 1 rings (SSSR count). The zero-order valence-electron chi connectivity index (χ0n) is 8.20. The number of ether oxygens (including phenoxy) is 1. The van der Waals surface area contributed by atoms with E-state index in [-0.39, 0.29) is 0 Å². The predicted molar refractivity (Wildman–Crippen MR) is 60.2 cm³/mol. The molecule has 0 saturated heterocycles. The minimum absolute atomic E-state index is 0.464. The maximum Gasteiger partial charge on any atom is 0.252 e. The third-order valence-electron chi connectivity index (χ3n) is 1.82. The molecule has 0 atom stereocenters. The van der Waals surface area contributed by atoms with Crippen LogP contribution in [0.4, 0.5) is 0 Å². The van der Waals surface area contributed by atoms with E-state index in [1.807, 2.05) is 0 Å². The summed E-state index contributed by atoms with van der Waals surface area (Å²) in [5.41, 5.74) is 0.465. The highest BCUT2D eigenvalue weighted by Crippen LogP contribution is 2.13. The van der Waals surface area contributed by atoms with Gasteiger partial charge in [-0.05, 0) is 42.3 Å². The highest BCUT2D eigenvalue weighted by Gasteiger charge is 2.00. The number of terminal acetylenes is 1. The van der Waals surface area contributed by atoms with Crippen LogP contribution >= 0.6 is 11.6 Å². The Kier molecular flexibility index (Phi) is 4.73. The van der Waals surface area contributed by atoms with E-state index < -0.39 is 5.24 Å². The number of hydrogen-bond acceptors (Lipinski definition) is 2. The Morgan fingerprint density at radius 3 is 2.60 bits per heavy atom. The lowest BCUT2D eigenvalue weighted by Crippen LogP contribution is -1.97. The van der Waals surface area contributed by atoms with Gasteiger partial charge in [-0.15, -0.1) is 12.3 Å². The minimum atomic E-state index is -0.464. The van der Waals surface area contributed by atoms with Gasteiger partial charge in [-0.2, -0.15) is 0 Å². The van der Waals surface area contributed by atoms with Gasteiger partial charge in [0, 0.05) is 12.0 Å². The number of rotatable bonds is 5. The highest BCUT2D eigenvalue weighted by molar-refractivity contribution is 6.67. The summed E-state index contributed by atoms with van der Waals surface area (Å²) in [6.07, 6.45) is 6.64. The number of unbranched alkanes of at least 4 members (excludes halogenated alkanes) is 1. The van der Waals surface area contributed by atoms with Gasteiger partial charge in [-0.3, -0.25) is 4.79 Å². The molecule has 0 bridgehead atoms. The molecule has 0 spiro atoms. The van der Waals surface area contributed by atoms with Crippen molar-refractivity contribution < 1.29 is 9.53 Å². The first-order valence-corrected chi connectivity index (χ1v) is 4.98. The Labute approximate surface area is 94.2 Å². The van der Waals surface area contributed by atoms with E-state index in [9.17, 15) is 4.79 Å². The molecule has 1 aromatic carbocycles. The molecule has 1 aromatic rings. The van der Waals surface area contributed by atoms with Crippen LogP contribution in [0, 0.1) is 12.3 Å². The first-order chi connectivity index (χ1) is 7.24. The summed E-state index contributed by atoms with van der Waals surface area (Å²) in [6.45, 7) is 0.582. The largest absolute Gasteiger partial charge is 0.494 e. The van der Waals surface area contributed by atoms with Crippen LogP contribution in [0.2, 0.25) is 0 Å². The van der Waals surface area contributed by atoms with Crippen molar-refractivity contribution in [3.8, 4) is 18.1 Å². The summed E-state index contributed by atoms with van der Waals surface area (Å²) in [7, 11) is 0. The van der Waals surface area contributed by atoms with Crippen LogP contribution in [-0.4, -0.2) is 11.8 Å². The lowest BCUT2D eigenvalue weighted by atomic mass is 10.2. The van der Waals surface area contributed by atoms with Crippen LogP contribution in [0.5, 0.6) is 5.75 Å². The van der Waals surface area contributed by atoms with E-state index in [0.29, 0.717) is 24.3 Å². The second-order valence-electron chi connectivity index (χ2n) is 2.95. The molecule has 0 heterocycles. The van der Waals surface area contributed by atoms with Gasteiger partial charge in [0.15, 0.2) is 0 Å². The first kappa shape index (κ1) is 11.6. The first-order valence-electron chi connectivity index (χ1n) is 4.60. The number of carbonyl (C=O) groups is 1. The molecule has 78 valence electrons. The minimum Gasteiger partial charge on any atom is -0.494 e. The molecule has 2 nitrogen and oxygen atoms in total. The number of halogens is 1. The number of hydrogen-bond donors (Lipinski definition) is 0. The van der Waals surface area contributed by atoms with Crippen LogP contribution in [-0.2, 0) is 0 Å². The van der Waals surface area contributed by atoms with E-state index in [0.717, 1.165) is 6.42 Å². The van der Waals surface area contributed by atoms with Gasteiger partial charge >= 0.3 is 0 Å². The zero-order chi connectivity index (χ0) is 11.1. The van der Waals surface area contributed by atoms with Crippen LogP contribution in [0.15, 0.2) is 24.3 Å². The molecule has 0 radical (unpaired) electrons. The van der Waals surface area contributed by atoms with Crippen molar-refractivity contribution in [1.82, 2.24) is 0 Å². The number of benzene rings is 1. The third-order valence-corrected chi connectivity index (χ3v) is 2.03. The second-order valence-corrected chi connectivity index (χ2v) is 3.30. The van der Waals surface area contributed by atoms with E-state index in [2.05, 4.69) is 5.92 Å². The SMILES string of the molecule is C#CCCCOc1ccc(C(=O)Cl)cc1. The molecule has 0 aliphatic heterocycles. The molecule has 0 aliphatic carbocycles. The van der Waals surface area contributed by atoms with Gasteiger partial charge in [0.1, 0.15) is 5.75 Å². The predicted octanol–water partition coefficient (Wildman–Crippen LogP) is 2.86. The van der Waals surface area contributed by atoms with Gasteiger partial charge in [-0.25, -0.2) is 0 Å². The van der Waals surface area contributed by atoms with Crippen molar-refractivity contribution in [3.05, 3.63) is 29.8 Å². The molecule has 15 heavy (non-hydrogen) atoms. The average Bonchev–Trinajstić information content (AvgIpc) is 2.25. The van der Waals surface area contributed by atoms with Crippen LogP contribution in [0.25, 0.3) is 0 Å². The van der Waals surface area contributed by atoms with E-state index in [1.54, 1.807) is 24.3 Å². The maximum atomic E-state index is 10.8. The molecule has 0 amide bonds. The molecular weight excluding hydrogens is 212 g/mol. The fraction of sp³-hybridized carbons (Fsp3) is 0.250. The molecular formula is C12H11ClO2. The molecule has 0 saturated carbocycles. The Morgan fingerprint density at radius 1 is 1.40 bits per heavy atom. The average molecular weight is 223 g/mol. The molecule has 0 aromatic heterocycles. The monoisotopic (exact) mass is 222 g/mol. The van der Waals surface area contributed by atoms with Crippen LogP contribution < -0.4 is 4.74 Å². The highest BCUT2D eigenvalue weighted by atomic mass is 35.5. The Morgan fingerprint density at radius 2 is 2.07 bits per heavy atom. The molecule has 0 N–H and O–H groups in total. The van der Waals surface area contributed by atoms with Crippen molar-refractivity contribution in [2.45, 2.75) is 12.8 Å². The van der Waals surface area contributed by atoms with Crippen molar-refractivity contribution in [2.24, 2.45) is 0 Å². The second kappa shape index (κ2) is 6.10. The van der Waals surface area contributed by atoms with Crippen LogP contribution in [0.1, 0.15) is 23.2 Å². The Bertz CT molecular complexity index is 362. The fourth-order valence-electron chi connectivity index (χ4n) is 1.05. The van der Waals surface area contributed by atoms with Crippen molar-refractivity contribution >= 4 is 16.8 Å². The summed E-state index contributed by atoms with van der Waals surface area (Å²) in [5.74, 6) is 3.25. The molecule has 0 fully saturated rings. The Hall–Kier alpha value is -1.46. The van der Waals surface area contributed by atoms with Gasteiger partial charge in [0.05, 0.1) is 6.61 Å². The normalized spacial score (nSPS) is 9.33. The molecule has 0 aliphatic rings. The van der Waals surface area contributed by atoms with Gasteiger partial charge in [-0.1, -0.05) is 0 Å². The number of carbonyl (C=O) groups excluding carboxylic acids is 1. The lowest BCUT2D eigenvalue weighted by molar-refractivity contribution is 0.108. The standard InChI is InChI=1S/C12H11ClO2/c1-2-3-4-9-15-11-7-5-10(6-8-11)12(13)14/h1,5-8H,3-4,9H2. The van der Waals surface area contributed by atoms with Gasteiger partial charge in [0.2, 0.25) is 0 Å². The van der Waals surface area contributed by atoms with Gasteiger partial charge in [0.25, 0.3) is 5.24 Å². The zero-order valence-corrected chi connectivity index (χ0v) is 8.96. The smallest absolute Gasteiger partial charge is 0.252 e. The van der Waals surface area contributed by atoms with Crippen molar-refractivity contribution in [3.63, 3.8) is 0 Å². The van der Waals surface area contributed by atoms with Crippen LogP contribution in [0.3, 0.4) is 0 Å². The molecule has 3 heteroatoms. The van der Waals surface area contributed by atoms with E-state index in [1.165, 1.54) is 0 Å². The van der Waals surface area contributed by atoms with Crippen molar-refractivity contribution in [1.29, 1.82) is 0 Å². The maximum absolute atomic E-state index is 10.8. The van der Waals surface area contributed by atoms with E-state index in [4.69, 9.17) is 22.8 Å². The summed E-state index contributed by atoms with van der Waals surface area (Å²) in [6, 6.07) is 6.69. The third kappa shape index (κ3) is 4.05. The lowest BCUT2D eigenvalue weighted by Gasteiger charge is -2.04. The summed E-state index contributed by atoms with van der Waals surface area (Å²) in [5, 5.41) is -0.464. The summed E-state index contributed by atoms with van der Waals surface area (Å²) >= 11 is 5.30. The quantitative estimate of drug-likeness (QED) is 0.435. The molecule has 0 unspecified atom stereocenters. The summed E-state index contributed by atoms with van der Waals surface area (Å²) < 4.78 is 5.39. The Balaban J connectivity index is 2.43. The fourth-order valence-corrected chi connectivity index (χ4v) is 1.17. The van der Waals surface area contributed by atoms with Gasteiger partial charge < -0.3 is 4.74 Å². The summed E-state index contributed by atoms with van der Waals surface area (Å²) in [4.78, 5) is 10.8.